The summed E-state index contributed by atoms with van der Waals surface area (Å²) < 4.78 is 7.34. The van der Waals surface area contributed by atoms with E-state index in [-0.39, 0.29) is 0 Å². The van der Waals surface area contributed by atoms with Crippen molar-refractivity contribution in [2.75, 3.05) is 19.7 Å². The molecule has 3 atom stereocenters. The number of likely N-dealkylation sites (tertiary alicyclic amines) is 1. The molecule has 0 amide bonds. The van der Waals surface area contributed by atoms with Crippen LogP contribution in [-0.4, -0.2) is 46.8 Å². The first-order chi connectivity index (χ1) is 15.1. The molecule has 1 aliphatic heterocycles. The molecule has 162 valence electrons. The molecule has 1 fully saturated rings. The van der Waals surface area contributed by atoms with Gasteiger partial charge in [-0.2, -0.15) is 0 Å². The third-order valence-electron chi connectivity index (χ3n) is 6.71. The minimum absolute atomic E-state index is 0.311. The highest BCUT2D eigenvalue weighted by atomic mass is 32.1. The van der Waals surface area contributed by atoms with Gasteiger partial charge >= 0.3 is 0 Å². The van der Waals surface area contributed by atoms with Crippen LogP contribution in [0.3, 0.4) is 0 Å². The molecule has 2 N–H and O–H groups in total. The quantitative estimate of drug-likeness (QED) is 0.409. The molecule has 1 aliphatic rings. The molecular formula is C26H30N2O2S. The van der Waals surface area contributed by atoms with Crippen LogP contribution in [0.5, 0.6) is 5.75 Å². The molecule has 5 heteroatoms. The van der Waals surface area contributed by atoms with Gasteiger partial charge in [-0.25, -0.2) is 0 Å². The van der Waals surface area contributed by atoms with Gasteiger partial charge in [0, 0.05) is 34.4 Å². The Bertz CT molecular complexity index is 1180. The number of H-pyrrole nitrogens is 1. The largest absolute Gasteiger partial charge is 0.490 e. The highest BCUT2D eigenvalue weighted by Crippen LogP contribution is 2.35. The highest BCUT2D eigenvalue weighted by Gasteiger charge is 2.28. The number of nitrogens with zero attached hydrogens (tertiary/aromatic N) is 1. The van der Waals surface area contributed by atoms with Crippen LogP contribution in [0.2, 0.25) is 0 Å². The number of piperidine rings is 1. The molecule has 0 unspecified atom stereocenters. The number of aromatic amines is 1. The van der Waals surface area contributed by atoms with E-state index < -0.39 is 6.10 Å². The zero-order valence-electron chi connectivity index (χ0n) is 18.2. The molecule has 0 bridgehead atoms. The molecule has 0 aliphatic carbocycles. The second-order valence-corrected chi connectivity index (χ2v) is 9.81. The fourth-order valence-electron chi connectivity index (χ4n) is 4.91. The van der Waals surface area contributed by atoms with E-state index in [4.69, 9.17) is 4.74 Å². The van der Waals surface area contributed by atoms with Crippen molar-refractivity contribution in [2.24, 2.45) is 0 Å². The van der Waals surface area contributed by atoms with E-state index in [0.717, 1.165) is 36.0 Å². The van der Waals surface area contributed by atoms with E-state index in [0.29, 0.717) is 25.1 Å². The van der Waals surface area contributed by atoms with Gasteiger partial charge in [0.2, 0.25) is 0 Å². The van der Waals surface area contributed by atoms with Gasteiger partial charge in [-0.15, -0.1) is 11.3 Å². The van der Waals surface area contributed by atoms with Gasteiger partial charge in [-0.3, -0.25) is 4.90 Å². The van der Waals surface area contributed by atoms with Crippen molar-refractivity contribution in [3.63, 3.8) is 0 Å². The van der Waals surface area contributed by atoms with Crippen LogP contribution in [0.4, 0.5) is 0 Å². The first kappa shape index (κ1) is 20.6. The van der Waals surface area contributed by atoms with Crippen molar-refractivity contribution in [3.8, 4) is 5.75 Å². The van der Waals surface area contributed by atoms with Crippen LogP contribution >= 0.6 is 11.3 Å². The van der Waals surface area contributed by atoms with Gasteiger partial charge in [-0.1, -0.05) is 12.1 Å². The minimum atomic E-state index is -0.502. The van der Waals surface area contributed by atoms with E-state index in [1.807, 2.05) is 41.8 Å². The molecule has 2 aromatic heterocycles. The number of thiophene rings is 1. The summed E-state index contributed by atoms with van der Waals surface area (Å²) in [5, 5.41) is 15.4. The number of β-amino-alcohol motifs (C(OH)–C–C–N with tert-alkyl or cyclic N) is 1. The Kier molecular flexibility index (Phi) is 5.74. The first-order valence-electron chi connectivity index (χ1n) is 11.2. The van der Waals surface area contributed by atoms with E-state index in [9.17, 15) is 5.11 Å². The Morgan fingerprint density at radius 3 is 3.00 bits per heavy atom. The molecule has 2 aromatic carbocycles. The minimum Gasteiger partial charge on any atom is -0.490 e. The normalized spacial score (nSPS) is 21.0. The van der Waals surface area contributed by atoms with Gasteiger partial charge in [0.25, 0.3) is 0 Å². The van der Waals surface area contributed by atoms with Crippen LogP contribution in [0.1, 0.15) is 36.8 Å². The number of ether oxygens (including phenoxy) is 1. The molecule has 31 heavy (non-hydrogen) atoms. The summed E-state index contributed by atoms with van der Waals surface area (Å²) in [6, 6.07) is 15.4. The average Bonchev–Trinajstić information content (AvgIpc) is 3.40. The second kappa shape index (κ2) is 8.65. The van der Waals surface area contributed by atoms with Crippen molar-refractivity contribution < 1.29 is 9.84 Å². The van der Waals surface area contributed by atoms with Crippen molar-refractivity contribution >= 4 is 32.3 Å². The predicted octanol–water partition coefficient (Wildman–Crippen LogP) is 5.70. The van der Waals surface area contributed by atoms with E-state index in [1.54, 1.807) is 0 Å². The third-order valence-corrected chi connectivity index (χ3v) is 7.79. The van der Waals surface area contributed by atoms with E-state index in [2.05, 4.69) is 47.3 Å². The number of rotatable bonds is 6. The molecule has 1 saturated heterocycles. The summed E-state index contributed by atoms with van der Waals surface area (Å²) in [4.78, 5) is 5.61. The lowest BCUT2D eigenvalue weighted by molar-refractivity contribution is 0.0406. The molecule has 5 rings (SSSR count). The Morgan fingerprint density at radius 1 is 1.23 bits per heavy atom. The van der Waals surface area contributed by atoms with Gasteiger partial charge in [0.05, 0.1) is 0 Å². The number of benzene rings is 2. The maximum atomic E-state index is 10.6. The number of aliphatic hydroxyl groups excluding tert-OH is 1. The van der Waals surface area contributed by atoms with Crippen LogP contribution < -0.4 is 4.74 Å². The summed E-state index contributed by atoms with van der Waals surface area (Å²) in [7, 11) is 0. The fourth-order valence-corrected chi connectivity index (χ4v) is 5.84. The monoisotopic (exact) mass is 434 g/mol. The van der Waals surface area contributed by atoms with Crippen molar-refractivity contribution in [1.29, 1.82) is 0 Å². The zero-order chi connectivity index (χ0) is 21.4. The number of hydrogen-bond donors (Lipinski definition) is 2. The molecule has 3 heterocycles. The topological polar surface area (TPSA) is 48.5 Å². The number of nitrogens with one attached hydrogen (secondary N) is 1. The lowest BCUT2D eigenvalue weighted by Gasteiger charge is -2.38. The molecule has 4 nitrogen and oxygen atoms in total. The van der Waals surface area contributed by atoms with Gasteiger partial charge in [-0.05, 0) is 91.4 Å². The second-order valence-electron chi connectivity index (χ2n) is 8.90. The van der Waals surface area contributed by atoms with E-state index >= 15 is 0 Å². The standard InChI is InChI=1S/C26H30N2O2S/c1-17-16-31-26-7-6-19(13-23(17)26)20-9-11-28(18(2)12-20)14-21(29)15-30-25-5-3-4-24-22(25)8-10-27-24/h3-8,10,13,16,18,20-21,27,29H,9,11-12,14-15H2,1-2H3/t18-,20-,21+/m1/s1. The Hall–Kier alpha value is -2.34. The average molecular weight is 435 g/mol. The molecule has 0 radical (unpaired) electrons. The highest BCUT2D eigenvalue weighted by molar-refractivity contribution is 7.17. The molecule has 0 saturated carbocycles. The van der Waals surface area contributed by atoms with Crippen LogP contribution in [0.15, 0.2) is 54.0 Å². The molecule has 4 aromatic rings. The Balaban J connectivity index is 1.17. The summed E-state index contributed by atoms with van der Waals surface area (Å²) >= 11 is 1.83. The van der Waals surface area contributed by atoms with Crippen molar-refractivity contribution in [2.45, 2.75) is 44.8 Å². The lowest BCUT2D eigenvalue weighted by atomic mass is 9.85. The summed E-state index contributed by atoms with van der Waals surface area (Å²) in [6.07, 6.45) is 3.68. The van der Waals surface area contributed by atoms with Gasteiger partial charge in [0.1, 0.15) is 18.5 Å². The van der Waals surface area contributed by atoms with Crippen LogP contribution in [0.25, 0.3) is 21.0 Å². The first-order valence-corrected chi connectivity index (χ1v) is 12.0. The number of aromatic nitrogens is 1. The summed E-state index contributed by atoms with van der Waals surface area (Å²) in [5.41, 5.74) is 3.90. The van der Waals surface area contributed by atoms with Crippen molar-refractivity contribution in [1.82, 2.24) is 9.88 Å². The van der Waals surface area contributed by atoms with Gasteiger partial charge in [0.15, 0.2) is 0 Å². The number of fused-ring (bicyclic) bond motifs is 2. The van der Waals surface area contributed by atoms with E-state index in [1.165, 1.54) is 21.2 Å². The SMILES string of the molecule is Cc1csc2ccc([C@@H]3CCN(C[C@H](O)COc4cccc5[nH]ccc45)[C@H](C)C3)cc12. The van der Waals surface area contributed by atoms with Gasteiger partial charge < -0.3 is 14.8 Å². The van der Waals surface area contributed by atoms with Crippen LogP contribution in [0, 0.1) is 6.92 Å². The van der Waals surface area contributed by atoms with Crippen molar-refractivity contribution in [3.05, 3.63) is 65.2 Å². The maximum Gasteiger partial charge on any atom is 0.128 e. The predicted molar refractivity (Wildman–Crippen MR) is 129 cm³/mol. The van der Waals surface area contributed by atoms with Crippen LogP contribution in [-0.2, 0) is 0 Å². The zero-order valence-corrected chi connectivity index (χ0v) is 19.0. The molecule has 0 spiro atoms. The third kappa shape index (κ3) is 4.22. The lowest BCUT2D eigenvalue weighted by Crippen LogP contribution is -2.45. The number of aliphatic hydroxyl groups is 1. The number of aryl methyl sites for hydroxylation is 1. The fraction of sp³-hybridized carbons (Fsp3) is 0.385. The summed E-state index contributed by atoms with van der Waals surface area (Å²) in [6.45, 7) is 6.46. The Labute approximate surface area is 187 Å². The smallest absolute Gasteiger partial charge is 0.128 e. The Morgan fingerprint density at radius 2 is 2.13 bits per heavy atom. The number of hydrogen-bond acceptors (Lipinski definition) is 4. The summed E-state index contributed by atoms with van der Waals surface area (Å²) in [5.74, 6) is 1.42. The maximum absolute atomic E-state index is 10.6. The molecular weight excluding hydrogens is 404 g/mol.